The van der Waals surface area contributed by atoms with Gasteiger partial charge in [0.05, 0.1) is 6.61 Å². The first kappa shape index (κ1) is 20.2. The SMILES string of the molecule is CCCOc1ccccc1OCC(=O)OCC(=O)Nc1c(F)cccc1F. The first-order valence-electron chi connectivity index (χ1n) is 8.25. The van der Waals surface area contributed by atoms with Crippen molar-refractivity contribution in [1.29, 1.82) is 0 Å². The average molecular weight is 379 g/mol. The highest BCUT2D eigenvalue weighted by Gasteiger charge is 2.14. The number of carbonyl (C=O) groups excluding carboxylic acids is 2. The first-order chi connectivity index (χ1) is 13.0. The molecule has 0 aliphatic carbocycles. The van der Waals surface area contributed by atoms with Crippen LogP contribution < -0.4 is 14.8 Å². The van der Waals surface area contributed by atoms with Gasteiger partial charge in [0, 0.05) is 0 Å². The fourth-order valence-electron chi connectivity index (χ4n) is 2.02. The van der Waals surface area contributed by atoms with Gasteiger partial charge in [0.1, 0.15) is 17.3 Å². The van der Waals surface area contributed by atoms with Crippen LogP contribution in [0.15, 0.2) is 42.5 Å². The van der Waals surface area contributed by atoms with Gasteiger partial charge in [-0.2, -0.15) is 0 Å². The molecule has 8 heteroatoms. The van der Waals surface area contributed by atoms with Gasteiger partial charge in [-0.15, -0.1) is 0 Å². The molecule has 27 heavy (non-hydrogen) atoms. The lowest BCUT2D eigenvalue weighted by atomic mass is 10.3. The molecule has 1 N–H and O–H groups in total. The number of rotatable bonds is 9. The van der Waals surface area contributed by atoms with E-state index in [4.69, 9.17) is 14.2 Å². The molecule has 0 saturated carbocycles. The molecule has 0 atom stereocenters. The number of carbonyl (C=O) groups is 2. The van der Waals surface area contributed by atoms with Crippen LogP contribution in [0, 0.1) is 11.6 Å². The van der Waals surface area contributed by atoms with Crippen molar-refractivity contribution >= 4 is 17.6 Å². The molecule has 2 aromatic rings. The predicted octanol–water partition coefficient (Wildman–Crippen LogP) is 3.31. The summed E-state index contributed by atoms with van der Waals surface area (Å²) in [5.41, 5.74) is -0.600. The standard InChI is InChI=1S/C19H19F2NO5/c1-2-10-25-15-8-3-4-9-16(15)26-12-18(24)27-11-17(23)22-19-13(20)6-5-7-14(19)21/h3-9H,2,10-12H2,1H3,(H,22,23). The predicted molar refractivity (Wildman–Crippen MR) is 93.7 cm³/mol. The van der Waals surface area contributed by atoms with Gasteiger partial charge in [0.15, 0.2) is 24.7 Å². The van der Waals surface area contributed by atoms with E-state index < -0.39 is 42.4 Å². The Morgan fingerprint density at radius 2 is 1.56 bits per heavy atom. The molecule has 0 spiro atoms. The molecular weight excluding hydrogens is 360 g/mol. The Kier molecular flexibility index (Phi) is 7.54. The Morgan fingerprint density at radius 1 is 0.926 bits per heavy atom. The van der Waals surface area contributed by atoms with Gasteiger partial charge in [-0.25, -0.2) is 13.6 Å². The summed E-state index contributed by atoms with van der Waals surface area (Å²) in [7, 11) is 0. The van der Waals surface area contributed by atoms with Crippen molar-refractivity contribution in [3.05, 3.63) is 54.1 Å². The lowest BCUT2D eigenvalue weighted by molar-refractivity contribution is -0.149. The monoisotopic (exact) mass is 379 g/mol. The van der Waals surface area contributed by atoms with Crippen LogP contribution in [0.4, 0.5) is 14.5 Å². The quantitative estimate of drug-likeness (QED) is 0.677. The lowest BCUT2D eigenvalue weighted by Crippen LogP contribution is -2.24. The van der Waals surface area contributed by atoms with Crippen molar-refractivity contribution in [3.63, 3.8) is 0 Å². The molecule has 1 amide bonds. The second-order valence-corrected chi connectivity index (χ2v) is 5.39. The van der Waals surface area contributed by atoms with Crippen molar-refractivity contribution in [2.45, 2.75) is 13.3 Å². The van der Waals surface area contributed by atoms with E-state index in [0.29, 0.717) is 18.1 Å². The van der Waals surface area contributed by atoms with E-state index in [1.54, 1.807) is 24.3 Å². The van der Waals surface area contributed by atoms with Crippen molar-refractivity contribution < 1.29 is 32.6 Å². The fraction of sp³-hybridized carbons (Fsp3) is 0.263. The lowest BCUT2D eigenvalue weighted by Gasteiger charge is -2.12. The molecule has 0 saturated heterocycles. The molecule has 2 rings (SSSR count). The highest BCUT2D eigenvalue weighted by Crippen LogP contribution is 2.26. The molecular formula is C19H19F2NO5. The van der Waals surface area contributed by atoms with E-state index in [9.17, 15) is 18.4 Å². The number of para-hydroxylation sites is 3. The number of anilines is 1. The number of hydrogen-bond donors (Lipinski definition) is 1. The topological polar surface area (TPSA) is 73.9 Å². The number of halogens is 2. The van der Waals surface area contributed by atoms with Gasteiger partial charge in [-0.05, 0) is 30.7 Å². The summed E-state index contributed by atoms with van der Waals surface area (Å²) in [5, 5.41) is 2.01. The maximum atomic E-state index is 13.5. The van der Waals surface area contributed by atoms with E-state index in [1.165, 1.54) is 6.07 Å². The van der Waals surface area contributed by atoms with Gasteiger partial charge in [-0.1, -0.05) is 25.1 Å². The molecule has 0 bridgehead atoms. The van der Waals surface area contributed by atoms with Gasteiger partial charge in [-0.3, -0.25) is 4.79 Å². The summed E-state index contributed by atoms with van der Waals surface area (Å²) in [6, 6.07) is 9.98. The van der Waals surface area contributed by atoms with E-state index >= 15 is 0 Å². The fourth-order valence-corrected chi connectivity index (χ4v) is 2.02. The van der Waals surface area contributed by atoms with Crippen LogP contribution in [0.2, 0.25) is 0 Å². The summed E-state index contributed by atoms with van der Waals surface area (Å²) in [4.78, 5) is 23.4. The first-order valence-corrected chi connectivity index (χ1v) is 8.25. The van der Waals surface area contributed by atoms with E-state index in [2.05, 4.69) is 0 Å². The molecule has 0 aromatic heterocycles. The van der Waals surface area contributed by atoms with E-state index in [-0.39, 0.29) is 0 Å². The average Bonchev–Trinajstić information content (AvgIpc) is 2.66. The second-order valence-electron chi connectivity index (χ2n) is 5.39. The van der Waals surface area contributed by atoms with Gasteiger partial charge < -0.3 is 19.5 Å². The minimum absolute atomic E-state index is 0.362. The summed E-state index contributed by atoms with van der Waals surface area (Å²) in [5.74, 6) is -2.70. The highest BCUT2D eigenvalue weighted by atomic mass is 19.1. The Bertz CT molecular complexity index is 777. The zero-order valence-electron chi connectivity index (χ0n) is 14.7. The molecule has 0 aliphatic heterocycles. The maximum absolute atomic E-state index is 13.5. The third-order valence-electron chi connectivity index (χ3n) is 3.25. The Morgan fingerprint density at radius 3 is 2.19 bits per heavy atom. The Labute approximate surface area is 155 Å². The zero-order valence-corrected chi connectivity index (χ0v) is 14.7. The number of hydrogen-bond acceptors (Lipinski definition) is 5. The Hall–Kier alpha value is -3.16. The zero-order chi connectivity index (χ0) is 19.6. The number of nitrogens with one attached hydrogen (secondary N) is 1. The molecule has 0 unspecified atom stereocenters. The molecule has 2 aromatic carbocycles. The second kappa shape index (κ2) is 10.1. The van der Waals surface area contributed by atoms with E-state index in [1.807, 2.05) is 12.2 Å². The molecule has 0 radical (unpaired) electrons. The van der Waals surface area contributed by atoms with Crippen molar-refractivity contribution in [3.8, 4) is 11.5 Å². The number of amides is 1. The smallest absolute Gasteiger partial charge is 0.344 e. The molecule has 0 fully saturated rings. The number of benzene rings is 2. The normalized spacial score (nSPS) is 10.2. The molecule has 6 nitrogen and oxygen atoms in total. The third kappa shape index (κ3) is 6.25. The van der Waals surface area contributed by atoms with Crippen LogP contribution >= 0.6 is 0 Å². The van der Waals surface area contributed by atoms with Crippen molar-refractivity contribution in [1.82, 2.24) is 0 Å². The van der Waals surface area contributed by atoms with E-state index in [0.717, 1.165) is 18.6 Å². The highest BCUT2D eigenvalue weighted by molar-refractivity contribution is 5.93. The largest absolute Gasteiger partial charge is 0.490 e. The van der Waals surface area contributed by atoms with Gasteiger partial charge in [0.2, 0.25) is 0 Å². The Balaban J connectivity index is 1.80. The molecule has 0 aliphatic rings. The van der Waals surface area contributed by atoms with Crippen molar-refractivity contribution in [2.24, 2.45) is 0 Å². The van der Waals surface area contributed by atoms with Gasteiger partial charge >= 0.3 is 5.97 Å². The van der Waals surface area contributed by atoms with Crippen molar-refractivity contribution in [2.75, 3.05) is 25.1 Å². The minimum Gasteiger partial charge on any atom is -0.490 e. The summed E-state index contributed by atoms with van der Waals surface area (Å²) in [6.07, 6.45) is 0.814. The molecule has 0 heterocycles. The summed E-state index contributed by atoms with van der Waals surface area (Å²) < 4.78 is 42.5. The number of esters is 1. The van der Waals surface area contributed by atoms with Crippen LogP contribution in [0.3, 0.4) is 0 Å². The van der Waals surface area contributed by atoms with Crippen LogP contribution in [0.25, 0.3) is 0 Å². The third-order valence-corrected chi connectivity index (χ3v) is 3.25. The molecule has 144 valence electrons. The number of ether oxygens (including phenoxy) is 3. The van der Waals surface area contributed by atoms with Gasteiger partial charge in [0.25, 0.3) is 5.91 Å². The maximum Gasteiger partial charge on any atom is 0.344 e. The van der Waals surface area contributed by atoms with Crippen LogP contribution in [-0.4, -0.2) is 31.7 Å². The summed E-state index contributed by atoms with van der Waals surface area (Å²) >= 11 is 0. The summed E-state index contributed by atoms with van der Waals surface area (Å²) in [6.45, 7) is 1.30. The van der Waals surface area contributed by atoms with Crippen LogP contribution in [0.5, 0.6) is 11.5 Å². The minimum atomic E-state index is -0.929. The van der Waals surface area contributed by atoms with Crippen LogP contribution in [0.1, 0.15) is 13.3 Å². The van der Waals surface area contributed by atoms with Crippen LogP contribution in [-0.2, 0) is 14.3 Å².